The molecule has 0 saturated heterocycles. The number of carbonyl (C=O) groups excluding carboxylic acids is 1. The number of nitrogens with one attached hydrogen (secondary N) is 2. The Hall–Kier alpha value is -0.570. The maximum absolute atomic E-state index is 11.4. The molecule has 3 nitrogen and oxygen atoms in total. The Morgan fingerprint density at radius 3 is 2.56 bits per heavy atom. The normalized spacial score (nSPS) is 18.2. The van der Waals surface area contributed by atoms with Gasteiger partial charge in [-0.3, -0.25) is 4.79 Å². The van der Waals surface area contributed by atoms with E-state index < -0.39 is 0 Å². The molecule has 0 heterocycles. The molecule has 1 aliphatic carbocycles. The predicted octanol–water partition coefficient (Wildman–Crippen LogP) is 1.93. The van der Waals surface area contributed by atoms with Crippen LogP contribution in [0.2, 0.25) is 0 Å². The topological polar surface area (TPSA) is 41.1 Å². The first-order valence-corrected chi connectivity index (χ1v) is 6.49. The zero-order chi connectivity index (χ0) is 12.0. The van der Waals surface area contributed by atoms with Gasteiger partial charge in [0.25, 0.3) is 0 Å². The van der Waals surface area contributed by atoms with E-state index >= 15 is 0 Å². The zero-order valence-corrected chi connectivity index (χ0v) is 10.9. The standard InChI is InChI=1S/C13H26N2O/c1-11(2)5-8-15-12(16)9-14-10-13(3)6-4-7-13/h11,14H,4-10H2,1-3H3,(H,15,16). The Bertz CT molecular complexity index is 222. The average molecular weight is 226 g/mol. The second-order valence-electron chi connectivity index (χ2n) is 5.80. The predicted molar refractivity (Wildman–Crippen MR) is 67.3 cm³/mol. The second-order valence-corrected chi connectivity index (χ2v) is 5.80. The number of amides is 1. The Labute approximate surface area is 99.4 Å². The minimum Gasteiger partial charge on any atom is -0.355 e. The first kappa shape index (κ1) is 13.5. The molecular weight excluding hydrogens is 200 g/mol. The van der Waals surface area contributed by atoms with E-state index in [0.29, 0.717) is 17.9 Å². The molecule has 0 bridgehead atoms. The lowest BCUT2D eigenvalue weighted by atomic mass is 9.70. The van der Waals surface area contributed by atoms with Crippen LogP contribution in [0.1, 0.15) is 46.5 Å². The molecule has 1 rings (SSSR count). The lowest BCUT2D eigenvalue weighted by Crippen LogP contribution is -2.42. The summed E-state index contributed by atoms with van der Waals surface area (Å²) in [6.07, 6.45) is 5.01. The molecule has 2 N–H and O–H groups in total. The van der Waals surface area contributed by atoms with Gasteiger partial charge in [0, 0.05) is 13.1 Å². The van der Waals surface area contributed by atoms with Crippen molar-refractivity contribution >= 4 is 5.91 Å². The van der Waals surface area contributed by atoms with Gasteiger partial charge in [-0.15, -0.1) is 0 Å². The van der Waals surface area contributed by atoms with Crippen LogP contribution in [0, 0.1) is 11.3 Å². The number of rotatable bonds is 7. The maximum atomic E-state index is 11.4. The van der Waals surface area contributed by atoms with Gasteiger partial charge in [0.15, 0.2) is 0 Å². The Morgan fingerprint density at radius 2 is 2.06 bits per heavy atom. The second kappa shape index (κ2) is 6.24. The monoisotopic (exact) mass is 226 g/mol. The van der Waals surface area contributed by atoms with Crippen LogP contribution in [0.15, 0.2) is 0 Å². The van der Waals surface area contributed by atoms with Gasteiger partial charge in [-0.25, -0.2) is 0 Å². The summed E-state index contributed by atoms with van der Waals surface area (Å²) in [6, 6.07) is 0. The van der Waals surface area contributed by atoms with Crippen LogP contribution in [0.25, 0.3) is 0 Å². The van der Waals surface area contributed by atoms with Crippen LogP contribution in [-0.2, 0) is 4.79 Å². The summed E-state index contributed by atoms with van der Waals surface area (Å²) in [5, 5.41) is 6.19. The lowest BCUT2D eigenvalue weighted by molar-refractivity contribution is -0.120. The summed E-state index contributed by atoms with van der Waals surface area (Å²) < 4.78 is 0. The molecule has 3 heteroatoms. The van der Waals surface area contributed by atoms with Crippen molar-refractivity contribution in [3.63, 3.8) is 0 Å². The molecule has 0 atom stereocenters. The highest BCUT2D eigenvalue weighted by molar-refractivity contribution is 5.77. The van der Waals surface area contributed by atoms with Crippen molar-refractivity contribution in [3.8, 4) is 0 Å². The molecule has 1 saturated carbocycles. The average Bonchev–Trinajstić information content (AvgIpc) is 2.14. The summed E-state index contributed by atoms with van der Waals surface area (Å²) in [6.45, 7) is 8.87. The summed E-state index contributed by atoms with van der Waals surface area (Å²) in [5.74, 6) is 0.783. The van der Waals surface area contributed by atoms with Crippen LogP contribution in [0.4, 0.5) is 0 Å². The molecular formula is C13H26N2O. The van der Waals surface area contributed by atoms with Crippen LogP contribution >= 0.6 is 0 Å². The summed E-state index contributed by atoms with van der Waals surface area (Å²) in [7, 11) is 0. The third kappa shape index (κ3) is 4.97. The van der Waals surface area contributed by atoms with E-state index in [9.17, 15) is 4.79 Å². The first-order chi connectivity index (χ1) is 7.52. The fourth-order valence-corrected chi connectivity index (χ4v) is 2.00. The lowest BCUT2D eigenvalue weighted by Gasteiger charge is -2.38. The van der Waals surface area contributed by atoms with Crippen molar-refractivity contribution in [2.24, 2.45) is 11.3 Å². The molecule has 0 spiro atoms. The van der Waals surface area contributed by atoms with Crippen LogP contribution in [-0.4, -0.2) is 25.5 Å². The van der Waals surface area contributed by atoms with Gasteiger partial charge in [-0.1, -0.05) is 27.2 Å². The maximum Gasteiger partial charge on any atom is 0.233 e. The Morgan fingerprint density at radius 1 is 1.38 bits per heavy atom. The molecule has 0 radical (unpaired) electrons. The SMILES string of the molecule is CC(C)CCNC(=O)CNCC1(C)CCC1. The quantitative estimate of drug-likeness (QED) is 0.696. The van der Waals surface area contributed by atoms with E-state index in [-0.39, 0.29) is 5.91 Å². The van der Waals surface area contributed by atoms with E-state index in [4.69, 9.17) is 0 Å². The zero-order valence-electron chi connectivity index (χ0n) is 10.9. The highest BCUT2D eigenvalue weighted by Gasteiger charge is 2.30. The molecule has 0 aromatic rings. The molecule has 0 aromatic heterocycles. The van der Waals surface area contributed by atoms with Gasteiger partial charge < -0.3 is 10.6 Å². The van der Waals surface area contributed by atoms with Crippen LogP contribution < -0.4 is 10.6 Å². The fraction of sp³-hybridized carbons (Fsp3) is 0.923. The number of carbonyl (C=O) groups is 1. The van der Waals surface area contributed by atoms with E-state index in [2.05, 4.69) is 31.4 Å². The largest absolute Gasteiger partial charge is 0.355 e. The van der Waals surface area contributed by atoms with Crippen LogP contribution in [0.3, 0.4) is 0 Å². The van der Waals surface area contributed by atoms with Crippen LogP contribution in [0.5, 0.6) is 0 Å². The number of hydrogen-bond donors (Lipinski definition) is 2. The summed E-state index contributed by atoms with van der Waals surface area (Å²) in [4.78, 5) is 11.4. The van der Waals surface area contributed by atoms with Gasteiger partial charge >= 0.3 is 0 Å². The van der Waals surface area contributed by atoms with Crippen molar-refractivity contribution in [1.82, 2.24) is 10.6 Å². The van der Waals surface area contributed by atoms with Crippen molar-refractivity contribution < 1.29 is 4.79 Å². The molecule has 1 amide bonds. The van der Waals surface area contributed by atoms with Crippen molar-refractivity contribution in [3.05, 3.63) is 0 Å². The van der Waals surface area contributed by atoms with E-state index in [1.54, 1.807) is 0 Å². The Kier molecular flexibility index (Phi) is 5.26. The highest BCUT2D eigenvalue weighted by Crippen LogP contribution is 2.39. The molecule has 1 fully saturated rings. The third-order valence-electron chi connectivity index (χ3n) is 3.44. The highest BCUT2D eigenvalue weighted by atomic mass is 16.1. The van der Waals surface area contributed by atoms with Crippen molar-refractivity contribution in [2.45, 2.75) is 46.5 Å². The van der Waals surface area contributed by atoms with E-state index in [1.807, 2.05) is 0 Å². The Balaban J connectivity index is 1.97. The molecule has 16 heavy (non-hydrogen) atoms. The minimum absolute atomic E-state index is 0.128. The van der Waals surface area contributed by atoms with Crippen molar-refractivity contribution in [2.75, 3.05) is 19.6 Å². The first-order valence-electron chi connectivity index (χ1n) is 6.49. The molecule has 0 aromatic carbocycles. The third-order valence-corrected chi connectivity index (χ3v) is 3.44. The van der Waals surface area contributed by atoms with E-state index in [0.717, 1.165) is 19.5 Å². The fourth-order valence-electron chi connectivity index (χ4n) is 2.00. The van der Waals surface area contributed by atoms with Gasteiger partial charge in [-0.05, 0) is 30.6 Å². The van der Waals surface area contributed by atoms with Gasteiger partial charge in [0.1, 0.15) is 0 Å². The van der Waals surface area contributed by atoms with Gasteiger partial charge in [0.05, 0.1) is 6.54 Å². The van der Waals surface area contributed by atoms with Crippen molar-refractivity contribution in [1.29, 1.82) is 0 Å². The van der Waals surface area contributed by atoms with E-state index in [1.165, 1.54) is 19.3 Å². The molecule has 0 aliphatic heterocycles. The molecule has 1 aliphatic rings. The summed E-state index contributed by atoms with van der Waals surface area (Å²) >= 11 is 0. The number of hydrogen-bond acceptors (Lipinski definition) is 2. The molecule has 94 valence electrons. The minimum atomic E-state index is 0.128. The summed E-state index contributed by atoms with van der Waals surface area (Å²) in [5.41, 5.74) is 0.457. The van der Waals surface area contributed by atoms with Gasteiger partial charge in [0.2, 0.25) is 5.91 Å². The smallest absolute Gasteiger partial charge is 0.233 e. The van der Waals surface area contributed by atoms with Gasteiger partial charge in [-0.2, -0.15) is 0 Å². The molecule has 0 unspecified atom stereocenters.